The highest BCUT2D eigenvalue weighted by molar-refractivity contribution is 7.92. The van der Waals surface area contributed by atoms with Crippen LogP contribution in [-0.4, -0.2) is 55.1 Å². The lowest BCUT2D eigenvalue weighted by Gasteiger charge is -2.39. The van der Waals surface area contributed by atoms with Crippen LogP contribution in [0.1, 0.15) is 32.1 Å². The maximum Gasteiger partial charge on any atom is 0.239 e. The predicted molar refractivity (Wildman–Crippen MR) is 135 cm³/mol. The maximum absolute atomic E-state index is 12.1. The number of rotatable bonds is 10. The van der Waals surface area contributed by atoms with Crippen molar-refractivity contribution in [3.05, 3.63) is 60.8 Å². The molecule has 34 heavy (non-hydrogen) atoms. The summed E-state index contributed by atoms with van der Waals surface area (Å²) >= 11 is 1.10. The summed E-state index contributed by atoms with van der Waals surface area (Å²) in [4.78, 5) is 16.5. The molecule has 0 bridgehead atoms. The fraction of sp³-hybridized carbons (Fsp3) is 0.440. The summed E-state index contributed by atoms with van der Waals surface area (Å²) in [5.74, 6) is 1.69. The van der Waals surface area contributed by atoms with Crippen molar-refractivity contribution in [2.75, 3.05) is 33.5 Å². The molecule has 1 fully saturated rings. The summed E-state index contributed by atoms with van der Waals surface area (Å²) in [7, 11) is 1.81. The zero-order valence-electron chi connectivity index (χ0n) is 19.6. The number of allylic oxidation sites excluding steroid dienone is 3. The number of carbonyl (C=O) groups is 1. The fourth-order valence-electron chi connectivity index (χ4n) is 3.55. The van der Waals surface area contributed by atoms with E-state index in [2.05, 4.69) is 17.6 Å². The number of carbonyl (C=O) groups excluding carboxylic acids is 1. The molecular weight excluding hydrogens is 454 g/mol. The minimum Gasteiger partial charge on any atom is -0.494 e. The summed E-state index contributed by atoms with van der Waals surface area (Å²) < 4.78 is 24.5. The lowest BCUT2D eigenvalue weighted by molar-refractivity contribution is -0.131. The monoisotopic (exact) mass is 487 g/mol. The predicted octanol–water partition coefficient (Wildman–Crippen LogP) is 4.20. The Morgan fingerprint density at radius 2 is 1.94 bits per heavy atom. The van der Waals surface area contributed by atoms with Gasteiger partial charge in [-0.15, -0.1) is 0 Å². The molecule has 0 spiro atoms. The Bertz CT molecular complexity index is 908. The molecule has 2 aliphatic rings. The number of nitrogens with two attached hydrogens (primary N) is 1. The Kier molecular flexibility index (Phi) is 10.1. The Hall–Kier alpha value is -2.75. The van der Waals surface area contributed by atoms with E-state index in [4.69, 9.17) is 24.1 Å². The van der Waals surface area contributed by atoms with Gasteiger partial charge in [0, 0.05) is 26.7 Å². The minimum absolute atomic E-state index is 0.364. The number of hydrogen-bond donors (Lipinski definition) is 1. The van der Waals surface area contributed by atoms with Gasteiger partial charge in [0.2, 0.25) is 5.91 Å². The van der Waals surface area contributed by atoms with E-state index in [1.165, 1.54) is 0 Å². The van der Waals surface area contributed by atoms with Gasteiger partial charge < -0.3 is 24.1 Å². The number of ether oxygens (including phenoxy) is 3. The number of hydrogen-bond acceptors (Lipinski definition) is 8. The van der Waals surface area contributed by atoms with E-state index in [-0.39, 0.29) is 5.91 Å². The molecule has 3 rings (SSSR count). The number of benzene rings is 1. The number of aliphatic imine (C=N–C) groups is 1. The Balaban J connectivity index is 1.42. The molecule has 9 heteroatoms. The van der Waals surface area contributed by atoms with Crippen LogP contribution >= 0.6 is 12.2 Å². The van der Waals surface area contributed by atoms with Crippen molar-refractivity contribution in [1.29, 1.82) is 0 Å². The minimum atomic E-state index is -0.770. The van der Waals surface area contributed by atoms with Crippen molar-refractivity contribution in [3.63, 3.8) is 0 Å². The van der Waals surface area contributed by atoms with Gasteiger partial charge in [-0.05, 0) is 56.0 Å². The quantitative estimate of drug-likeness (QED) is 0.229. The third-order valence-electron chi connectivity index (χ3n) is 5.62. The normalized spacial score (nSPS) is 20.1. The average Bonchev–Trinajstić information content (AvgIpc) is 2.85. The van der Waals surface area contributed by atoms with Gasteiger partial charge in [-0.25, -0.2) is 9.30 Å². The molecule has 8 nitrogen and oxygen atoms in total. The van der Waals surface area contributed by atoms with Gasteiger partial charge in [0.15, 0.2) is 5.90 Å². The van der Waals surface area contributed by atoms with Crippen molar-refractivity contribution in [3.8, 4) is 11.5 Å². The van der Waals surface area contributed by atoms with E-state index >= 15 is 0 Å². The standard InChI is InChI=1S/C25H33N3O5S/c1-20-8-5-3-4-6-16-32-23(27-20)9-7-17-31-21-10-12-22(13-11-21)33-34-28(2)25(24(26)29)14-18-30-19-15-25/h4-6,8,10-13H,1,3,7,9,14-19H2,2H3,(H2,26,29)/b6-4-,8-5-,27-23?. The summed E-state index contributed by atoms with van der Waals surface area (Å²) in [6.45, 7) is 5.97. The molecule has 184 valence electrons. The van der Waals surface area contributed by atoms with Gasteiger partial charge in [0.05, 0.1) is 12.3 Å². The Labute approximate surface area is 205 Å². The van der Waals surface area contributed by atoms with Crippen molar-refractivity contribution in [2.24, 2.45) is 10.7 Å². The summed E-state index contributed by atoms with van der Waals surface area (Å²) in [6.07, 6.45) is 11.3. The highest BCUT2D eigenvalue weighted by Crippen LogP contribution is 2.33. The third-order valence-corrected chi connectivity index (χ3v) is 6.46. The second-order valence-corrected chi connectivity index (χ2v) is 8.87. The molecule has 0 aromatic heterocycles. The molecule has 1 amide bonds. The largest absolute Gasteiger partial charge is 0.494 e. The molecule has 0 unspecified atom stereocenters. The first kappa shape index (κ1) is 25.9. The van der Waals surface area contributed by atoms with Crippen LogP contribution in [0.2, 0.25) is 0 Å². The average molecular weight is 488 g/mol. The van der Waals surface area contributed by atoms with Gasteiger partial charge >= 0.3 is 0 Å². The zero-order valence-corrected chi connectivity index (χ0v) is 20.4. The van der Waals surface area contributed by atoms with Gasteiger partial charge in [0.1, 0.15) is 35.9 Å². The first-order valence-corrected chi connectivity index (χ1v) is 12.1. The summed E-state index contributed by atoms with van der Waals surface area (Å²) in [6, 6.07) is 7.36. The van der Waals surface area contributed by atoms with Crippen molar-refractivity contribution in [2.45, 2.75) is 37.6 Å². The Morgan fingerprint density at radius 3 is 2.68 bits per heavy atom. The van der Waals surface area contributed by atoms with Gasteiger partial charge in [-0.2, -0.15) is 0 Å². The van der Waals surface area contributed by atoms with E-state index in [9.17, 15) is 4.79 Å². The fourth-order valence-corrected chi connectivity index (χ4v) is 4.27. The SMILES string of the molecule is C=C1/C=C\C/C=C\COC(CCCOc2ccc(OSN(C)C3(C(N)=O)CCOCC3)cc2)=N1. The second-order valence-electron chi connectivity index (χ2n) is 8.00. The second kappa shape index (κ2) is 13.2. The van der Waals surface area contributed by atoms with Crippen LogP contribution in [0.15, 0.2) is 65.8 Å². The first-order chi connectivity index (χ1) is 16.5. The van der Waals surface area contributed by atoms with E-state index in [1.54, 1.807) is 4.31 Å². The molecule has 2 aliphatic heterocycles. The molecule has 1 aromatic carbocycles. The number of amides is 1. The van der Waals surface area contributed by atoms with E-state index in [0.717, 1.165) is 30.8 Å². The van der Waals surface area contributed by atoms with Crippen LogP contribution in [-0.2, 0) is 14.3 Å². The first-order valence-electron chi connectivity index (χ1n) is 11.4. The van der Waals surface area contributed by atoms with Gasteiger partial charge in [-0.1, -0.05) is 24.8 Å². The number of likely N-dealkylation sites (N-methyl/N-ethyl adjacent to an activating group) is 1. The lowest BCUT2D eigenvalue weighted by Crippen LogP contribution is -2.56. The molecule has 0 saturated carbocycles. The van der Waals surface area contributed by atoms with Crippen LogP contribution in [0.4, 0.5) is 0 Å². The van der Waals surface area contributed by atoms with Crippen LogP contribution < -0.4 is 14.7 Å². The summed E-state index contributed by atoms with van der Waals surface area (Å²) in [5, 5.41) is 0. The number of nitrogens with zero attached hydrogens (tertiary/aromatic N) is 2. The highest BCUT2D eigenvalue weighted by Gasteiger charge is 2.43. The van der Waals surface area contributed by atoms with Crippen LogP contribution in [0.5, 0.6) is 11.5 Å². The van der Waals surface area contributed by atoms with Crippen molar-refractivity contribution >= 4 is 24.0 Å². The van der Waals surface area contributed by atoms with Crippen LogP contribution in [0.25, 0.3) is 0 Å². The molecule has 0 radical (unpaired) electrons. The molecular formula is C25H33N3O5S. The number of primary amides is 1. The molecule has 2 N–H and O–H groups in total. The van der Waals surface area contributed by atoms with E-state index in [0.29, 0.717) is 63.0 Å². The molecule has 0 atom stereocenters. The maximum atomic E-state index is 12.1. The highest BCUT2D eigenvalue weighted by atomic mass is 32.2. The van der Waals surface area contributed by atoms with Gasteiger partial charge in [0.25, 0.3) is 0 Å². The van der Waals surface area contributed by atoms with Crippen LogP contribution in [0, 0.1) is 0 Å². The van der Waals surface area contributed by atoms with Crippen molar-refractivity contribution in [1.82, 2.24) is 4.31 Å². The van der Waals surface area contributed by atoms with Gasteiger partial charge in [-0.3, -0.25) is 4.79 Å². The van der Waals surface area contributed by atoms with E-state index in [1.807, 2.05) is 49.5 Å². The van der Waals surface area contributed by atoms with Crippen LogP contribution in [0.3, 0.4) is 0 Å². The lowest BCUT2D eigenvalue weighted by atomic mass is 9.89. The van der Waals surface area contributed by atoms with E-state index < -0.39 is 5.54 Å². The molecule has 2 heterocycles. The van der Waals surface area contributed by atoms with Crippen molar-refractivity contribution < 1.29 is 23.2 Å². The smallest absolute Gasteiger partial charge is 0.239 e. The Morgan fingerprint density at radius 1 is 1.21 bits per heavy atom. The molecule has 1 aromatic rings. The topological polar surface area (TPSA) is 95.6 Å². The summed E-state index contributed by atoms with van der Waals surface area (Å²) in [5.41, 5.74) is 5.60. The molecule has 1 saturated heterocycles. The third kappa shape index (κ3) is 7.65. The molecule has 0 aliphatic carbocycles. The zero-order chi connectivity index (χ0) is 24.2.